The van der Waals surface area contributed by atoms with Crippen LogP contribution in [0.3, 0.4) is 0 Å². The molecule has 1 heterocycles. The highest BCUT2D eigenvalue weighted by Crippen LogP contribution is 2.29. The lowest BCUT2D eigenvalue weighted by Crippen LogP contribution is -2.37. The standard InChI is InChI=1S/C21H33N3O3/c1-16(2)23(3)14-19(25)15-27-21-11-18(5-6-20(21)26-4)13-24-9-7-17(12-22)8-10-24/h5-6,11,16-17,19,25H,7-10,13-15H2,1-4H3/t19-/m1/s1. The molecule has 0 radical (unpaired) electrons. The van der Waals surface area contributed by atoms with Crippen LogP contribution in [0.1, 0.15) is 32.3 Å². The van der Waals surface area contributed by atoms with Crippen molar-refractivity contribution < 1.29 is 14.6 Å². The fourth-order valence-corrected chi connectivity index (χ4v) is 3.19. The van der Waals surface area contributed by atoms with Gasteiger partial charge in [-0.05, 0) is 64.5 Å². The van der Waals surface area contributed by atoms with Crippen LogP contribution in [0, 0.1) is 17.2 Å². The van der Waals surface area contributed by atoms with E-state index in [1.807, 2.05) is 25.2 Å². The summed E-state index contributed by atoms with van der Waals surface area (Å²) >= 11 is 0. The Bertz CT molecular complexity index is 622. The van der Waals surface area contributed by atoms with Crippen LogP contribution in [0.15, 0.2) is 18.2 Å². The molecule has 2 rings (SSSR count). The first kappa shape index (κ1) is 21.5. The number of hydrogen-bond acceptors (Lipinski definition) is 6. The molecule has 0 amide bonds. The van der Waals surface area contributed by atoms with Crippen LogP contribution in [0.4, 0.5) is 0 Å². The Kier molecular flexibility index (Phi) is 8.36. The lowest BCUT2D eigenvalue weighted by atomic mass is 9.98. The minimum absolute atomic E-state index is 0.196. The summed E-state index contributed by atoms with van der Waals surface area (Å²) in [5.41, 5.74) is 1.15. The average molecular weight is 376 g/mol. The summed E-state index contributed by atoms with van der Waals surface area (Å²) in [6.45, 7) is 7.70. The van der Waals surface area contributed by atoms with Crippen molar-refractivity contribution in [1.82, 2.24) is 9.80 Å². The maximum absolute atomic E-state index is 10.2. The van der Waals surface area contributed by atoms with E-state index in [4.69, 9.17) is 14.7 Å². The molecule has 6 heteroatoms. The summed E-state index contributed by atoms with van der Waals surface area (Å²) < 4.78 is 11.3. The largest absolute Gasteiger partial charge is 0.493 e. The molecule has 1 fully saturated rings. The Morgan fingerprint density at radius 2 is 2.00 bits per heavy atom. The first-order valence-electron chi connectivity index (χ1n) is 9.73. The molecule has 1 aliphatic heterocycles. The number of rotatable bonds is 9. The molecule has 0 spiro atoms. The van der Waals surface area contributed by atoms with E-state index in [2.05, 4.69) is 29.7 Å². The van der Waals surface area contributed by atoms with Gasteiger partial charge in [-0.25, -0.2) is 0 Å². The minimum atomic E-state index is -0.559. The molecule has 0 unspecified atom stereocenters. The molecule has 150 valence electrons. The van der Waals surface area contributed by atoms with Crippen LogP contribution >= 0.6 is 0 Å². The minimum Gasteiger partial charge on any atom is -0.493 e. The van der Waals surface area contributed by atoms with Crippen molar-refractivity contribution in [3.05, 3.63) is 23.8 Å². The second kappa shape index (κ2) is 10.5. The predicted molar refractivity (Wildman–Crippen MR) is 106 cm³/mol. The van der Waals surface area contributed by atoms with Crippen LogP contribution in [0.5, 0.6) is 11.5 Å². The van der Waals surface area contributed by atoms with Gasteiger partial charge in [0.25, 0.3) is 0 Å². The van der Waals surface area contributed by atoms with Gasteiger partial charge in [0.1, 0.15) is 12.7 Å². The second-order valence-electron chi connectivity index (χ2n) is 7.66. The fraction of sp³-hybridized carbons (Fsp3) is 0.667. The third-order valence-electron chi connectivity index (χ3n) is 5.22. The van der Waals surface area contributed by atoms with Crippen molar-refractivity contribution in [2.24, 2.45) is 5.92 Å². The number of piperidine rings is 1. The molecule has 1 N–H and O–H groups in total. The Morgan fingerprint density at radius 3 is 2.59 bits per heavy atom. The number of ether oxygens (including phenoxy) is 2. The van der Waals surface area contributed by atoms with Gasteiger partial charge in [-0.15, -0.1) is 0 Å². The van der Waals surface area contributed by atoms with E-state index in [0.29, 0.717) is 24.1 Å². The number of aliphatic hydroxyl groups is 1. The molecule has 27 heavy (non-hydrogen) atoms. The van der Waals surface area contributed by atoms with Gasteiger partial charge in [0.2, 0.25) is 0 Å². The Hall–Kier alpha value is -1.81. The van der Waals surface area contributed by atoms with E-state index < -0.39 is 6.10 Å². The second-order valence-corrected chi connectivity index (χ2v) is 7.66. The normalized spacial score (nSPS) is 17.1. The lowest BCUT2D eigenvalue weighted by Gasteiger charge is -2.29. The van der Waals surface area contributed by atoms with Crippen molar-refractivity contribution in [2.75, 3.05) is 40.4 Å². The number of aliphatic hydroxyl groups excluding tert-OH is 1. The van der Waals surface area contributed by atoms with Gasteiger partial charge < -0.3 is 19.5 Å². The first-order valence-corrected chi connectivity index (χ1v) is 9.73. The lowest BCUT2D eigenvalue weighted by molar-refractivity contribution is 0.0667. The number of hydrogen-bond donors (Lipinski definition) is 1. The molecular weight excluding hydrogens is 342 g/mol. The predicted octanol–water partition coefficient (Wildman–Crippen LogP) is 2.51. The Labute approximate surface area is 163 Å². The topological polar surface area (TPSA) is 69.0 Å². The number of nitrogens with zero attached hydrogens (tertiary/aromatic N) is 3. The van der Waals surface area contributed by atoms with E-state index in [0.717, 1.165) is 38.0 Å². The van der Waals surface area contributed by atoms with Crippen LogP contribution in [-0.2, 0) is 6.54 Å². The summed E-state index contributed by atoms with van der Waals surface area (Å²) in [5.74, 6) is 1.53. The quantitative estimate of drug-likeness (QED) is 0.715. The van der Waals surface area contributed by atoms with E-state index in [1.165, 1.54) is 0 Å². The third-order valence-corrected chi connectivity index (χ3v) is 5.22. The summed E-state index contributed by atoms with van der Waals surface area (Å²) in [6, 6.07) is 8.70. The SMILES string of the molecule is COc1ccc(CN2CCC(C#N)CC2)cc1OC[C@H](O)CN(C)C(C)C. The summed E-state index contributed by atoms with van der Waals surface area (Å²) in [6.07, 6.45) is 1.31. The number of benzene rings is 1. The zero-order valence-corrected chi connectivity index (χ0v) is 17.0. The first-order chi connectivity index (χ1) is 12.9. The molecule has 6 nitrogen and oxygen atoms in total. The van der Waals surface area contributed by atoms with Crippen LogP contribution in [-0.4, -0.2) is 67.5 Å². The number of nitriles is 1. The highest BCUT2D eigenvalue weighted by molar-refractivity contribution is 5.43. The molecule has 1 aromatic carbocycles. The van der Waals surface area contributed by atoms with Gasteiger partial charge in [0.05, 0.1) is 13.2 Å². The highest BCUT2D eigenvalue weighted by atomic mass is 16.5. The fourth-order valence-electron chi connectivity index (χ4n) is 3.19. The van der Waals surface area contributed by atoms with E-state index >= 15 is 0 Å². The molecule has 0 aromatic heterocycles. The van der Waals surface area contributed by atoms with E-state index in [1.54, 1.807) is 7.11 Å². The van der Waals surface area contributed by atoms with Crippen LogP contribution in [0.25, 0.3) is 0 Å². The van der Waals surface area contributed by atoms with Gasteiger partial charge in [-0.3, -0.25) is 4.90 Å². The molecule has 0 bridgehead atoms. The Balaban J connectivity index is 1.93. The third kappa shape index (κ3) is 6.69. The van der Waals surface area contributed by atoms with Crippen molar-refractivity contribution in [3.63, 3.8) is 0 Å². The summed E-state index contributed by atoms with van der Waals surface area (Å²) in [5, 5.41) is 19.3. The van der Waals surface area contributed by atoms with Crippen molar-refractivity contribution in [2.45, 2.75) is 45.4 Å². The highest BCUT2D eigenvalue weighted by Gasteiger charge is 2.19. The van der Waals surface area contributed by atoms with Crippen LogP contribution in [0.2, 0.25) is 0 Å². The summed E-state index contributed by atoms with van der Waals surface area (Å²) in [7, 11) is 3.61. The van der Waals surface area contributed by atoms with Crippen molar-refractivity contribution >= 4 is 0 Å². The average Bonchev–Trinajstić information content (AvgIpc) is 2.67. The zero-order valence-electron chi connectivity index (χ0n) is 17.0. The molecule has 0 aliphatic carbocycles. The maximum atomic E-state index is 10.2. The van der Waals surface area contributed by atoms with Crippen LogP contribution < -0.4 is 9.47 Å². The maximum Gasteiger partial charge on any atom is 0.161 e. The number of methoxy groups -OCH3 is 1. The molecule has 0 saturated carbocycles. The smallest absolute Gasteiger partial charge is 0.161 e. The molecule has 1 aromatic rings. The molecule has 1 aliphatic rings. The van der Waals surface area contributed by atoms with Gasteiger partial charge in [0, 0.05) is 25.0 Å². The van der Waals surface area contributed by atoms with Crippen molar-refractivity contribution in [3.8, 4) is 17.6 Å². The van der Waals surface area contributed by atoms with Gasteiger partial charge in [0.15, 0.2) is 11.5 Å². The van der Waals surface area contributed by atoms with Gasteiger partial charge >= 0.3 is 0 Å². The number of likely N-dealkylation sites (tertiary alicyclic amines) is 1. The molecule has 1 atom stereocenters. The molecular formula is C21H33N3O3. The van der Waals surface area contributed by atoms with E-state index in [-0.39, 0.29) is 12.5 Å². The van der Waals surface area contributed by atoms with E-state index in [9.17, 15) is 5.11 Å². The molecule has 1 saturated heterocycles. The monoisotopic (exact) mass is 375 g/mol. The van der Waals surface area contributed by atoms with Gasteiger partial charge in [-0.2, -0.15) is 5.26 Å². The zero-order chi connectivity index (χ0) is 19.8. The Morgan fingerprint density at radius 1 is 1.30 bits per heavy atom. The van der Waals surface area contributed by atoms with Gasteiger partial charge in [-0.1, -0.05) is 6.07 Å². The summed E-state index contributed by atoms with van der Waals surface area (Å²) in [4.78, 5) is 4.46. The number of likely N-dealkylation sites (N-methyl/N-ethyl adjacent to an activating group) is 1. The van der Waals surface area contributed by atoms with Crippen molar-refractivity contribution in [1.29, 1.82) is 5.26 Å².